The Labute approximate surface area is 113 Å². The lowest BCUT2D eigenvalue weighted by Gasteiger charge is -2.11. The lowest BCUT2D eigenvalue weighted by atomic mass is 10.2. The van der Waals surface area contributed by atoms with Gasteiger partial charge in [-0.15, -0.1) is 6.58 Å². The van der Waals surface area contributed by atoms with Crippen LogP contribution in [0.15, 0.2) is 36.9 Å². The zero-order valence-corrected chi connectivity index (χ0v) is 11.3. The Balaban J connectivity index is 2.51. The Morgan fingerprint density at radius 3 is 2.42 bits per heavy atom. The predicted molar refractivity (Wildman–Crippen MR) is 76.2 cm³/mol. The van der Waals surface area contributed by atoms with Gasteiger partial charge in [0, 0.05) is 31.9 Å². The van der Waals surface area contributed by atoms with E-state index in [0.29, 0.717) is 12.1 Å². The molecular formula is C14H19N3O2. The summed E-state index contributed by atoms with van der Waals surface area (Å²) in [5.74, 6) is -0.149. The Hall–Kier alpha value is -2.30. The molecule has 0 saturated carbocycles. The normalized spacial score (nSPS) is 9.58. The van der Waals surface area contributed by atoms with Crippen LogP contribution in [0.4, 0.5) is 5.69 Å². The zero-order valence-electron chi connectivity index (χ0n) is 11.3. The van der Waals surface area contributed by atoms with E-state index in [2.05, 4.69) is 17.2 Å². The average Bonchev–Trinajstić information content (AvgIpc) is 2.42. The van der Waals surface area contributed by atoms with Crippen molar-refractivity contribution in [2.24, 2.45) is 0 Å². The summed E-state index contributed by atoms with van der Waals surface area (Å²) in [7, 11) is 3.41. The lowest BCUT2D eigenvalue weighted by Crippen LogP contribution is -2.29. The second kappa shape index (κ2) is 7.20. The molecule has 0 aliphatic heterocycles. The first-order chi connectivity index (χ1) is 9.04. The molecular weight excluding hydrogens is 242 g/mol. The van der Waals surface area contributed by atoms with Gasteiger partial charge in [-0.2, -0.15) is 0 Å². The highest BCUT2D eigenvalue weighted by Crippen LogP contribution is 2.10. The maximum Gasteiger partial charge on any atom is 0.253 e. The summed E-state index contributed by atoms with van der Waals surface area (Å²) in [4.78, 5) is 24.5. The van der Waals surface area contributed by atoms with Crippen molar-refractivity contribution >= 4 is 17.5 Å². The number of carbonyl (C=O) groups is 2. The molecule has 0 aromatic heterocycles. The fourth-order valence-electron chi connectivity index (χ4n) is 1.42. The molecule has 0 fully saturated rings. The van der Waals surface area contributed by atoms with Gasteiger partial charge in [0.05, 0.1) is 6.54 Å². The third kappa shape index (κ3) is 4.83. The minimum absolute atomic E-state index is 0.0460. The van der Waals surface area contributed by atoms with Crippen molar-refractivity contribution in [3.8, 4) is 0 Å². The lowest BCUT2D eigenvalue weighted by molar-refractivity contribution is -0.119. The van der Waals surface area contributed by atoms with Gasteiger partial charge < -0.3 is 15.5 Å². The van der Waals surface area contributed by atoms with Crippen molar-refractivity contribution in [1.29, 1.82) is 0 Å². The Morgan fingerprint density at radius 1 is 1.26 bits per heavy atom. The number of carbonyl (C=O) groups excluding carboxylic acids is 2. The summed E-state index contributed by atoms with van der Waals surface area (Å²) >= 11 is 0. The van der Waals surface area contributed by atoms with Crippen molar-refractivity contribution < 1.29 is 9.59 Å². The van der Waals surface area contributed by atoms with E-state index in [-0.39, 0.29) is 18.4 Å². The van der Waals surface area contributed by atoms with E-state index in [4.69, 9.17) is 0 Å². The van der Waals surface area contributed by atoms with Gasteiger partial charge in [-0.25, -0.2) is 0 Å². The van der Waals surface area contributed by atoms with Gasteiger partial charge in [0.1, 0.15) is 0 Å². The van der Waals surface area contributed by atoms with Crippen molar-refractivity contribution in [3.05, 3.63) is 42.5 Å². The van der Waals surface area contributed by atoms with E-state index in [0.717, 1.165) is 5.69 Å². The summed E-state index contributed by atoms with van der Waals surface area (Å²) in [5.41, 5.74) is 1.41. The van der Waals surface area contributed by atoms with E-state index < -0.39 is 0 Å². The van der Waals surface area contributed by atoms with E-state index in [1.54, 1.807) is 44.4 Å². The number of anilines is 1. The standard InChI is InChI=1S/C14H19N3O2/c1-4-9-15-13(18)10-16-12-7-5-11(6-8-12)14(19)17(2)3/h4-8,16H,1,9-10H2,2-3H3,(H,15,18). The average molecular weight is 261 g/mol. The zero-order chi connectivity index (χ0) is 14.3. The molecule has 0 heterocycles. The molecule has 5 heteroatoms. The van der Waals surface area contributed by atoms with Crippen molar-refractivity contribution in [2.45, 2.75) is 0 Å². The highest BCUT2D eigenvalue weighted by Gasteiger charge is 2.07. The highest BCUT2D eigenvalue weighted by molar-refractivity contribution is 5.94. The molecule has 0 atom stereocenters. The highest BCUT2D eigenvalue weighted by atomic mass is 16.2. The van der Waals surface area contributed by atoms with E-state index in [1.165, 1.54) is 4.90 Å². The smallest absolute Gasteiger partial charge is 0.253 e. The van der Waals surface area contributed by atoms with Crippen LogP contribution >= 0.6 is 0 Å². The molecule has 1 rings (SSSR count). The molecule has 0 saturated heterocycles. The number of amides is 2. The van der Waals surface area contributed by atoms with E-state index in [1.807, 2.05) is 0 Å². The molecule has 0 spiro atoms. The van der Waals surface area contributed by atoms with Gasteiger partial charge in [-0.05, 0) is 24.3 Å². The monoisotopic (exact) mass is 261 g/mol. The summed E-state index contributed by atoms with van der Waals surface area (Å²) in [6.07, 6.45) is 1.62. The summed E-state index contributed by atoms with van der Waals surface area (Å²) in [6.45, 7) is 4.16. The number of rotatable bonds is 6. The van der Waals surface area contributed by atoms with Crippen molar-refractivity contribution in [1.82, 2.24) is 10.2 Å². The quantitative estimate of drug-likeness (QED) is 0.754. The number of hydrogen-bond donors (Lipinski definition) is 2. The van der Waals surface area contributed by atoms with Crippen LogP contribution in [0.2, 0.25) is 0 Å². The fourth-order valence-corrected chi connectivity index (χ4v) is 1.42. The second-order valence-electron chi connectivity index (χ2n) is 4.22. The molecule has 0 aliphatic rings. The number of hydrogen-bond acceptors (Lipinski definition) is 3. The fraction of sp³-hybridized carbons (Fsp3) is 0.286. The molecule has 1 aromatic rings. The third-order valence-corrected chi connectivity index (χ3v) is 2.43. The van der Waals surface area contributed by atoms with Crippen LogP contribution in [0.25, 0.3) is 0 Å². The van der Waals surface area contributed by atoms with Gasteiger partial charge in [-0.1, -0.05) is 6.08 Å². The molecule has 0 radical (unpaired) electrons. The van der Waals surface area contributed by atoms with Gasteiger partial charge in [0.25, 0.3) is 5.91 Å². The molecule has 102 valence electrons. The third-order valence-electron chi connectivity index (χ3n) is 2.43. The maximum absolute atomic E-state index is 11.7. The van der Waals surface area contributed by atoms with Crippen molar-refractivity contribution in [3.63, 3.8) is 0 Å². The van der Waals surface area contributed by atoms with Crippen LogP contribution in [0, 0.1) is 0 Å². The Morgan fingerprint density at radius 2 is 1.89 bits per heavy atom. The van der Waals surface area contributed by atoms with Crippen LogP contribution in [0.1, 0.15) is 10.4 Å². The van der Waals surface area contributed by atoms with Gasteiger partial charge in [-0.3, -0.25) is 9.59 Å². The maximum atomic E-state index is 11.7. The molecule has 5 nitrogen and oxygen atoms in total. The molecule has 0 bridgehead atoms. The van der Waals surface area contributed by atoms with E-state index >= 15 is 0 Å². The topological polar surface area (TPSA) is 61.4 Å². The first kappa shape index (κ1) is 14.8. The SMILES string of the molecule is C=CCNC(=O)CNc1ccc(C(=O)N(C)C)cc1. The predicted octanol–water partition coefficient (Wildman–Crippen LogP) is 1.10. The van der Waals surface area contributed by atoms with Gasteiger partial charge in [0.15, 0.2) is 0 Å². The van der Waals surface area contributed by atoms with Crippen LogP contribution in [-0.2, 0) is 4.79 Å². The van der Waals surface area contributed by atoms with Crippen LogP contribution in [0.3, 0.4) is 0 Å². The second-order valence-corrected chi connectivity index (χ2v) is 4.22. The first-order valence-corrected chi connectivity index (χ1v) is 5.97. The number of nitrogens with one attached hydrogen (secondary N) is 2. The minimum atomic E-state index is -0.103. The molecule has 2 amide bonds. The van der Waals surface area contributed by atoms with E-state index in [9.17, 15) is 9.59 Å². The first-order valence-electron chi connectivity index (χ1n) is 5.97. The largest absolute Gasteiger partial charge is 0.376 e. The number of benzene rings is 1. The molecule has 19 heavy (non-hydrogen) atoms. The Kier molecular flexibility index (Phi) is 5.60. The Bertz CT molecular complexity index is 452. The summed E-state index contributed by atoms with van der Waals surface area (Å²) in [6, 6.07) is 7.01. The summed E-state index contributed by atoms with van der Waals surface area (Å²) < 4.78 is 0. The van der Waals surface area contributed by atoms with Crippen LogP contribution in [-0.4, -0.2) is 43.9 Å². The van der Waals surface area contributed by atoms with Gasteiger partial charge >= 0.3 is 0 Å². The summed E-state index contributed by atoms with van der Waals surface area (Å²) in [5, 5.41) is 5.64. The molecule has 1 aromatic carbocycles. The number of nitrogens with zero attached hydrogens (tertiary/aromatic N) is 1. The van der Waals surface area contributed by atoms with Crippen LogP contribution < -0.4 is 10.6 Å². The molecule has 2 N–H and O–H groups in total. The van der Waals surface area contributed by atoms with Gasteiger partial charge in [0.2, 0.25) is 5.91 Å². The molecule has 0 aliphatic carbocycles. The van der Waals surface area contributed by atoms with Crippen LogP contribution in [0.5, 0.6) is 0 Å². The molecule has 0 unspecified atom stereocenters. The minimum Gasteiger partial charge on any atom is -0.376 e. The van der Waals surface area contributed by atoms with Crippen molar-refractivity contribution in [2.75, 3.05) is 32.5 Å².